The molecule has 15 heavy (non-hydrogen) atoms. The summed E-state index contributed by atoms with van der Waals surface area (Å²) in [6, 6.07) is 7.13. The van der Waals surface area contributed by atoms with Crippen molar-refractivity contribution in [2.75, 3.05) is 11.5 Å². The van der Waals surface area contributed by atoms with Crippen LogP contribution in [0.5, 0.6) is 0 Å². The summed E-state index contributed by atoms with van der Waals surface area (Å²) in [6.07, 6.45) is 0.960. The van der Waals surface area contributed by atoms with Gasteiger partial charge in [-0.2, -0.15) is 0 Å². The van der Waals surface area contributed by atoms with E-state index in [0.717, 1.165) is 12.2 Å². The lowest BCUT2D eigenvalue weighted by Crippen LogP contribution is -2.10. The average molecular weight is 225 g/mol. The van der Waals surface area contributed by atoms with E-state index in [2.05, 4.69) is 0 Å². The highest BCUT2D eigenvalue weighted by Gasteiger charge is 2.21. The van der Waals surface area contributed by atoms with E-state index >= 15 is 0 Å². The maximum Gasteiger partial charge on any atom is 0.321 e. The van der Waals surface area contributed by atoms with Gasteiger partial charge in [0.05, 0.1) is 0 Å². The number of nitrogens with two attached hydrogens (primary N) is 1. The number of hydrogen-bond acceptors (Lipinski definition) is 3. The topological polar surface area (TPSA) is 63.3 Å². The van der Waals surface area contributed by atoms with Crippen LogP contribution in [0.2, 0.25) is 0 Å². The lowest BCUT2D eigenvalue weighted by molar-refractivity contribution is -0.136. The third kappa shape index (κ3) is 3.16. The third-order valence-corrected chi connectivity index (χ3v) is 3.42. The lowest BCUT2D eigenvalue weighted by atomic mass is 10.1. The Morgan fingerprint density at radius 2 is 2.20 bits per heavy atom. The van der Waals surface area contributed by atoms with Crippen molar-refractivity contribution in [3.63, 3.8) is 0 Å². The van der Waals surface area contributed by atoms with E-state index in [-0.39, 0.29) is 0 Å². The molecule has 0 aliphatic heterocycles. The van der Waals surface area contributed by atoms with E-state index < -0.39 is 11.2 Å². The fourth-order valence-electron chi connectivity index (χ4n) is 1.28. The Morgan fingerprint density at radius 1 is 1.53 bits per heavy atom. The standard InChI is InChI=1S/C11H15NO2S/c1-2-7-15-10(11(13)14)8-5-3-4-6-9(8)12/h3-6,10H,2,7,12H2,1H3,(H,13,14). The van der Waals surface area contributed by atoms with Gasteiger partial charge in [0.15, 0.2) is 0 Å². The second-order valence-electron chi connectivity index (χ2n) is 3.22. The van der Waals surface area contributed by atoms with Crippen molar-refractivity contribution < 1.29 is 9.90 Å². The molecular weight excluding hydrogens is 210 g/mol. The lowest BCUT2D eigenvalue weighted by Gasteiger charge is -2.13. The van der Waals surface area contributed by atoms with E-state index in [0.29, 0.717) is 11.3 Å². The van der Waals surface area contributed by atoms with Gasteiger partial charge in [-0.15, -0.1) is 11.8 Å². The van der Waals surface area contributed by atoms with E-state index in [1.54, 1.807) is 12.1 Å². The van der Waals surface area contributed by atoms with Crippen molar-refractivity contribution in [1.82, 2.24) is 0 Å². The zero-order chi connectivity index (χ0) is 11.3. The molecule has 0 saturated heterocycles. The van der Waals surface area contributed by atoms with Gasteiger partial charge in [0.2, 0.25) is 0 Å². The van der Waals surface area contributed by atoms with Crippen LogP contribution in [0, 0.1) is 0 Å². The molecule has 0 fully saturated rings. The summed E-state index contributed by atoms with van der Waals surface area (Å²) in [7, 11) is 0. The zero-order valence-electron chi connectivity index (χ0n) is 8.64. The van der Waals surface area contributed by atoms with Gasteiger partial charge in [0, 0.05) is 5.69 Å². The first-order valence-corrected chi connectivity index (χ1v) is 5.90. The molecule has 0 spiro atoms. The molecule has 0 aliphatic rings. The maximum atomic E-state index is 11.1. The predicted molar refractivity (Wildman–Crippen MR) is 64.0 cm³/mol. The second-order valence-corrected chi connectivity index (χ2v) is 4.43. The van der Waals surface area contributed by atoms with Crippen molar-refractivity contribution in [1.29, 1.82) is 0 Å². The largest absolute Gasteiger partial charge is 0.480 e. The Labute approximate surface area is 93.7 Å². The van der Waals surface area contributed by atoms with Crippen LogP contribution in [0.1, 0.15) is 24.2 Å². The summed E-state index contributed by atoms with van der Waals surface area (Å²) in [5.74, 6) is -0.00275. The highest BCUT2D eigenvalue weighted by atomic mass is 32.2. The molecule has 0 bridgehead atoms. The average Bonchev–Trinajstić information content (AvgIpc) is 2.20. The van der Waals surface area contributed by atoms with Crippen molar-refractivity contribution in [2.45, 2.75) is 18.6 Å². The summed E-state index contributed by atoms with van der Waals surface area (Å²) in [4.78, 5) is 11.1. The van der Waals surface area contributed by atoms with E-state index in [1.165, 1.54) is 11.8 Å². The number of benzene rings is 1. The monoisotopic (exact) mass is 225 g/mol. The van der Waals surface area contributed by atoms with Gasteiger partial charge >= 0.3 is 5.97 Å². The summed E-state index contributed by atoms with van der Waals surface area (Å²) >= 11 is 1.42. The van der Waals surface area contributed by atoms with Crippen molar-refractivity contribution >= 4 is 23.4 Å². The van der Waals surface area contributed by atoms with Crippen molar-refractivity contribution in [3.05, 3.63) is 29.8 Å². The van der Waals surface area contributed by atoms with Crippen LogP contribution < -0.4 is 5.73 Å². The first-order valence-electron chi connectivity index (χ1n) is 4.85. The Morgan fingerprint density at radius 3 is 2.73 bits per heavy atom. The molecule has 1 aromatic rings. The van der Waals surface area contributed by atoms with Crippen LogP contribution in [0.15, 0.2) is 24.3 Å². The number of rotatable bonds is 5. The quantitative estimate of drug-likeness (QED) is 0.756. The van der Waals surface area contributed by atoms with Gasteiger partial charge in [-0.3, -0.25) is 4.79 Å². The van der Waals surface area contributed by atoms with Crippen molar-refractivity contribution in [2.24, 2.45) is 0 Å². The smallest absolute Gasteiger partial charge is 0.321 e. The fourth-order valence-corrected chi connectivity index (χ4v) is 2.29. The van der Waals surface area contributed by atoms with Gasteiger partial charge in [-0.05, 0) is 23.8 Å². The van der Waals surface area contributed by atoms with E-state index in [9.17, 15) is 4.79 Å². The summed E-state index contributed by atoms with van der Waals surface area (Å²) in [5, 5.41) is 8.55. The molecule has 0 aromatic heterocycles. The Hall–Kier alpha value is -1.16. The Bertz CT molecular complexity index is 341. The minimum absolute atomic E-state index is 0.550. The summed E-state index contributed by atoms with van der Waals surface area (Å²) < 4.78 is 0. The molecule has 4 heteroatoms. The van der Waals surface area contributed by atoms with Crippen LogP contribution >= 0.6 is 11.8 Å². The summed E-state index contributed by atoms with van der Waals surface area (Å²) in [6.45, 7) is 2.03. The minimum Gasteiger partial charge on any atom is -0.480 e. The molecule has 1 aromatic carbocycles. The highest BCUT2D eigenvalue weighted by molar-refractivity contribution is 8.00. The number of nitrogen functional groups attached to an aromatic ring is 1. The number of aliphatic carboxylic acids is 1. The molecule has 1 unspecified atom stereocenters. The number of anilines is 1. The van der Waals surface area contributed by atoms with Gasteiger partial charge in [-0.1, -0.05) is 25.1 Å². The molecule has 3 nitrogen and oxygen atoms in total. The number of carboxylic acids is 1. The molecule has 0 radical (unpaired) electrons. The van der Waals surface area contributed by atoms with E-state index in [4.69, 9.17) is 10.8 Å². The highest BCUT2D eigenvalue weighted by Crippen LogP contribution is 2.32. The van der Waals surface area contributed by atoms with Crippen LogP contribution in [-0.4, -0.2) is 16.8 Å². The normalized spacial score (nSPS) is 12.3. The first kappa shape index (κ1) is 11.9. The number of carbonyl (C=O) groups is 1. The molecule has 1 atom stereocenters. The van der Waals surface area contributed by atoms with Crippen molar-refractivity contribution in [3.8, 4) is 0 Å². The zero-order valence-corrected chi connectivity index (χ0v) is 9.46. The number of thioether (sulfide) groups is 1. The number of hydrogen-bond donors (Lipinski definition) is 2. The Balaban J connectivity index is 2.89. The SMILES string of the molecule is CCCSC(C(=O)O)c1ccccc1N. The van der Waals surface area contributed by atoms with Crippen LogP contribution in [0.4, 0.5) is 5.69 Å². The van der Waals surface area contributed by atoms with Gasteiger partial charge in [0.1, 0.15) is 5.25 Å². The molecular formula is C11H15NO2S. The van der Waals surface area contributed by atoms with Gasteiger partial charge in [0.25, 0.3) is 0 Å². The van der Waals surface area contributed by atoms with Crippen LogP contribution in [0.3, 0.4) is 0 Å². The molecule has 82 valence electrons. The van der Waals surface area contributed by atoms with Gasteiger partial charge in [-0.25, -0.2) is 0 Å². The first-order chi connectivity index (χ1) is 7.16. The summed E-state index contributed by atoms with van der Waals surface area (Å²) in [5.41, 5.74) is 7.00. The second kappa shape index (κ2) is 5.66. The minimum atomic E-state index is -0.827. The third-order valence-electron chi connectivity index (χ3n) is 1.99. The number of para-hydroxylation sites is 1. The Kier molecular flexibility index (Phi) is 4.49. The maximum absolute atomic E-state index is 11.1. The molecule has 0 heterocycles. The molecule has 1 rings (SSSR count). The number of carboxylic acid groups (broad SMARTS) is 1. The van der Waals surface area contributed by atoms with Crippen LogP contribution in [0.25, 0.3) is 0 Å². The molecule has 0 amide bonds. The molecule has 0 aliphatic carbocycles. The molecule has 0 saturated carbocycles. The van der Waals surface area contributed by atoms with Gasteiger partial charge < -0.3 is 10.8 Å². The molecule has 3 N–H and O–H groups in total. The van der Waals surface area contributed by atoms with E-state index in [1.807, 2.05) is 19.1 Å². The van der Waals surface area contributed by atoms with Crippen LogP contribution in [-0.2, 0) is 4.79 Å². The fraction of sp³-hybridized carbons (Fsp3) is 0.364. The predicted octanol–water partition coefficient (Wildman–Crippen LogP) is 2.54.